The van der Waals surface area contributed by atoms with Crippen LogP contribution < -0.4 is 5.32 Å². The van der Waals surface area contributed by atoms with Crippen LogP contribution in [0, 0.1) is 25.2 Å². The molecule has 2 atom stereocenters. The number of nitrogens with zero attached hydrogens (tertiary/aromatic N) is 3. The Morgan fingerprint density at radius 3 is 2.56 bits per heavy atom. The van der Waals surface area contributed by atoms with Crippen LogP contribution in [0.25, 0.3) is 0 Å². The Kier molecular flexibility index (Phi) is 6.54. The number of nitriles is 1. The fourth-order valence-electron chi connectivity index (χ4n) is 2.41. The molecule has 0 bridgehead atoms. The van der Waals surface area contributed by atoms with Gasteiger partial charge in [0.05, 0.1) is 10.9 Å². The van der Waals surface area contributed by atoms with Gasteiger partial charge in [-0.05, 0) is 32.3 Å². The molecule has 1 heterocycles. The molecule has 0 aliphatic carbocycles. The van der Waals surface area contributed by atoms with E-state index in [2.05, 4.69) is 40.4 Å². The third-order valence-electron chi connectivity index (χ3n) is 3.89. The average molecular weight is 354 g/mol. The molecule has 2 rings (SSSR count). The number of hydrogen-bond donors (Lipinski definition) is 1. The van der Waals surface area contributed by atoms with E-state index in [0.717, 1.165) is 0 Å². The second-order valence-corrected chi connectivity index (χ2v) is 7.29. The highest BCUT2D eigenvalue weighted by Crippen LogP contribution is 2.26. The molecule has 2 unspecified atom stereocenters. The maximum Gasteiger partial charge on any atom is 0.233 e. The van der Waals surface area contributed by atoms with Crippen LogP contribution in [0.5, 0.6) is 0 Å². The normalized spacial score (nSPS) is 12.9. The maximum absolute atomic E-state index is 12.4. The van der Waals surface area contributed by atoms with Crippen molar-refractivity contribution < 1.29 is 4.79 Å². The van der Waals surface area contributed by atoms with E-state index in [9.17, 15) is 10.1 Å². The molecule has 1 amide bonds. The average Bonchev–Trinajstić information content (AvgIpc) is 2.59. The van der Waals surface area contributed by atoms with Gasteiger partial charge in [0.15, 0.2) is 0 Å². The van der Waals surface area contributed by atoms with Gasteiger partial charge in [0, 0.05) is 6.54 Å². The maximum atomic E-state index is 12.4. The molecule has 0 spiro atoms. The number of aryl methyl sites for hydroxylation is 2. The summed E-state index contributed by atoms with van der Waals surface area (Å²) in [6.45, 7) is 8.04. The lowest BCUT2D eigenvalue weighted by molar-refractivity contribution is -0.120. The second-order valence-electron chi connectivity index (χ2n) is 5.97. The predicted octanol–water partition coefficient (Wildman–Crippen LogP) is 3.37. The third kappa shape index (κ3) is 5.04. The predicted molar refractivity (Wildman–Crippen MR) is 99.4 cm³/mol. The summed E-state index contributed by atoms with van der Waals surface area (Å²) in [6, 6.07) is 12.2. The molecule has 2 aromatic rings. The first kappa shape index (κ1) is 18.9. The number of carbonyl (C=O) groups excluding carboxylic acids is 1. The van der Waals surface area contributed by atoms with E-state index in [1.807, 2.05) is 25.1 Å². The van der Waals surface area contributed by atoms with Gasteiger partial charge in [-0.3, -0.25) is 4.79 Å². The molecule has 0 fully saturated rings. The van der Waals surface area contributed by atoms with Crippen LogP contribution >= 0.6 is 11.8 Å². The molecule has 0 radical (unpaired) electrons. The summed E-state index contributed by atoms with van der Waals surface area (Å²) in [5.74, 6) is 0.774. The lowest BCUT2D eigenvalue weighted by Crippen LogP contribution is -2.33. The first-order valence-corrected chi connectivity index (χ1v) is 9.05. The van der Waals surface area contributed by atoms with Gasteiger partial charge in [-0.15, -0.1) is 0 Å². The molecule has 130 valence electrons. The van der Waals surface area contributed by atoms with Crippen molar-refractivity contribution >= 4 is 17.7 Å². The number of thioether (sulfide) groups is 1. The summed E-state index contributed by atoms with van der Waals surface area (Å²) in [4.78, 5) is 20.9. The van der Waals surface area contributed by atoms with Gasteiger partial charge in [0.1, 0.15) is 22.5 Å². The summed E-state index contributed by atoms with van der Waals surface area (Å²) in [5.41, 5.74) is 2.27. The Morgan fingerprint density at radius 2 is 1.92 bits per heavy atom. The van der Waals surface area contributed by atoms with E-state index in [1.54, 1.807) is 13.8 Å². The molecule has 1 aromatic heterocycles. The van der Waals surface area contributed by atoms with Crippen molar-refractivity contribution in [3.63, 3.8) is 0 Å². The molecule has 1 N–H and O–H groups in total. The quantitative estimate of drug-likeness (QED) is 0.635. The minimum absolute atomic E-state index is 0.0643. The van der Waals surface area contributed by atoms with Gasteiger partial charge < -0.3 is 5.32 Å². The van der Waals surface area contributed by atoms with E-state index in [0.29, 0.717) is 28.7 Å². The standard InChI is InChI=1S/C19H22N4OS/c1-12(16-8-6-5-7-9-16)11-21-18(24)14(3)25-19-17(10-20)13(2)22-15(4)23-19/h5-9,12,14H,11H2,1-4H3,(H,21,24). The van der Waals surface area contributed by atoms with Crippen LogP contribution in [-0.2, 0) is 4.79 Å². The number of aromatic nitrogens is 2. The summed E-state index contributed by atoms with van der Waals surface area (Å²) in [6.07, 6.45) is 0. The van der Waals surface area contributed by atoms with Gasteiger partial charge in [-0.2, -0.15) is 5.26 Å². The van der Waals surface area contributed by atoms with E-state index in [4.69, 9.17) is 0 Å². The molecule has 25 heavy (non-hydrogen) atoms. The Balaban J connectivity index is 1.98. The smallest absolute Gasteiger partial charge is 0.233 e. The highest BCUT2D eigenvalue weighted by Gasteiger charge is 2.19. The number of amides is 1. The summed E-state index contributed by atoms with van der Waals surface area (Å²) in [5, 5.41) is 12.5. The molecule has 0 aliphatic heterocycles. The van der Waals surface area contributed by atoms with Gasteiger partial charge in [-0.25, -0.2) is 9.97 Å². The number of nitrogens with one attached hydrogen (secondary N) is 1. The van der Waals surface area contributed by atoms with E-state index < -0.39 is 0 Å². The summed E-state index contributed by atoms with van der Waals surface area (Å²) < 4.78 is 0. The molecule has 0 aliphatic rings. The van der Waals surface area contributed by atoms with Crippen LogP contribution in [0.1, 0.15) is 42.4 Å². The molecule has 0 saturated carbocycles. The van der Waals surface area contributed by atoms with Crippen molar-refractivity contribution in [2.45, 2.75) is 43.9 Å². The van der Waals surface area contributed by atoms with Gasteiger partial charge in [0.2, 0.25) is 5.91 Å². The highest BCUT2D eigenvalue weighted by molar-refractivity contribution is 8.00. The first-order valence-electron chi connectivity index (χ1n) is 8.17. The Morgan fingerprint density at radius 1 is 1.24 bits per heavy atom. The number of benzene rings is 1. The lowest BCUT2D eigenvalue weighted by atomic mass is 10.0. The zero-order chi connectivity index (χ0) is 18.4. The Labute approximate surface area is 152 Å². The van der Waals surface area contributed by atoms with Gasteiger partial charge >= 0.3 is 0 Å². The van der Waals surface area contributed by atoms with Crippen molar-refractivity contribution in [1.82, 2.24) is 15.3 Å². The van der Waals surface area contributed by atoms with E-state index >= 15 is 0 Å². The van der Waals surface area contributed by atoms with Crippen molar-refractivity contribution in [2.75, 3.05) is 6.54 Å². The number of carbonyl (C=O) groups is 1. The Bertz CT molecular complexity index is 786. The van der Waals surface area contributed by atoms with Crippen molar-refractivity contribution in [1.29, 1.82) is 5.26 Å². The van der Waals surface area contributed by atoms with Crippen LogP contribution in [0.15, 0.2) is 35.4 Å². The number of hydrogen-bond acceptors (Lipinski definition) is 5. The molecule has 0 saturated heterocycles. The SMILES string of the molecule is Cc1nc(C)c(C#N)c(SC(C)C(=O)NCC(C)c2ccccc2)n1. The largest absolute Gasteiger partial charge is 0.355 e. The van der Waals surface area contributed by atoms with Crippen LogP contribution in [0.2, 0.25) is 0 Å². The fraction of sp³-hybridized carbons (Fsp3) is 0.368. The summed E-state index contributed by atoms with van der Waals surface area (Å²) >= 11 is 1.29. The summed E-state index contributed by atoms with van der Waals surface area (Å²) in [7, 11) is 0. The second kappa shape index (κ2) is 8.63. The lowest BCUT2D eigenvalue weighted by Gasteiger charge is -2.16. The zero-order valence-corrected chi connectivity index (χ0v) is 15.7. The van der Waals surface area contributed by atoms with Crippen LogP contribution in [-0.4, -0.2) is 27.7 Å². The first-order chi connectivity index (χ1) is 11.9. The molecular weight excluding hydrogens is 332 g/mol. The fourth-order valence-corrected chi connectivity index (χ4v) is 3.43. The molecule has 1 aromatic carbocycles. The van der Waals surface area contributed by atoms with Crippen molar-refractivity contribution in [3.05, 3.63) is 53.0 Å². The Hall–Kier alpha value is -2.39. The molecule has 6 heteroatoms. The zero-order valence-electron chi connectivity index (χ0n) is 14.9. The minimum Gasteiger partial charge on any atom is -0.355 e. The van der Waals surface area contributed by atoms with Crippen molar-refractivity contribution in [2.24, 2.45) is 0 Å². The van der Waals surface area contributed by atoms with Gasteiger partial charge in [-0.1, -0.05) is 49.0 Å². The van der Waals surface area contributed by atoms with Crippen LogP contribution in [0.4, 0.5) is 0 Å². The minimum atomic E-state index is -0.344. The third-order valence-corrected chi connectivity index (χ3v) is 4.98. The highest BCUT2D eigenvalue weighted by atomic mass is 32.2. The monoisotopic (exact) mass is 354 g/mol. The van der Waals surface area contributed by atoms with E-state index in [1.165, 1.54) is 17.3 Å². The molecule has 5 nitrogen and oxygen atoms in total. The molecular formula is C19H22N4OS. The van der Waals surface area contributed by atoms with Gasteiger partial charge in [0.25, 0.3) is 0 Å². The van der Waals surface area contributed by atoms with Crippen LogP contribution in [0.3, 0.4) is 0 Å². The topological polar surface area (TPSA) is 78.7 Å². The van der Waals surface area contributed by atoms with Crippen molar-refractivity contribution in [3.8, 4) is 6.07 Å². The van der Waals surface area contributed by atoms with E-state index in [-0.39, 0.29) is 17.1 Å². The number of rotatable bonds is 6.